The van der Waals surface area contributed by atoms with Crippen molar-refractivity contribution < 1.29 is 4.79 Å². The molecule has 0 aromatic rings. The minimum Gasteiger partial charge on any atom is -0.394 e. The van der Waals surface area contributed by atoms with Crippen molar-refractivity contribution in [2.75, 3.05) is 0 Å². The van der Waals surface area contributed by atoms with Gasteiger partial charge in [0.1, 0.15) is 0 Å². The molecule has 0 aromatic carbocycles. The summed E-state index contributed by atoms with van der Waals surface area (Å²) < 4.78 is 0. The Kier molecular flexibility index (Phi) is 1.12. The molecule has 0 radical (unpaired) electrons. The van der Waals surface area contributed by atoms with Gasteiger partial charge in [-0.1, -0.05) is 6.08 Å². The Bertz CT molecular complexity index is 169. The highest BCUT2D eigenvalue weighted by Crippen LogP contribution is 1.95. The Morgan fingerprint density at radius 2 is 2.50 bits per heavy atom. The number of nitrogens with zero attached hydrogens (tertiary/aromatic N) is 1. The van der Waals surface area contributed by atoms with E-state index in [1.165, 1.54) is 0 Å². The van der Waals surface area contributed by atoms with Crippen molar-refractivity contribution in [3.05, 3.63) is 11.8 Å². The molecule has 0 saturated heterocycles. The first kappa shape index (κ1) is 5.03. The van der Waals surface area contributed by atoms with E-state index in [0.29, 0.717) is 6.42 Å². The summed E-state index contributed by atoms with van der Waals surface area (Å²) in [6.07, 6.45) is 3.87. The summed E-state index contributed by atoms with van der Waals surface area (Å²) in [6, 6.07) is 0. The minimum atomic E-state index is -0.323. The Morgan fingerprint density at radius 3 is 2.88 bits per heavy atom. The third kappa shape index (κ3) is 0.753. The standard InChI is InChI=1S/C5H6N2O/c6-4-2-1-3-7-5(4)8/h2-3H,1,6H2. The van der Waals surface area contributed by atoms with Crippen LogP contribution in [0.2, 0.25) is 0 Å². The van der Waals surface area contributed by atoms with E-state index in [0.717, 1.165) is 0 Å². The largest absolute Gasteiger partial charge is 0.394 e. The highest BCUT2D eigenvalue weighted by molar-refractivity contribution is 5.99. The fourth-order valence-corrected chi connectivity index (χ4v) is 0.477. The maximum absolute atomic E-state index is 10.4. The molecule has 0 aliphatic carbocycles. The summed E-state index contributed by atoms with van der Waals surface area (Å²) in [6.45, 7) is 0. The van der Waals surface area contributed by atoms with Gasteiger partial charge in [0.05, 0.1) is 5.70 Å². The molecule has 0 unspecified atom stereocenters. The summed E-state index contributed by atoms with van der Waals surface area (Å²) in [5.41, 5.74) is 5.43. The summed E-state index contributed by atoms with van der Waals surface area (Å²) in [7, 11) is 0. The number of dihydropyridines is 1. The van der Waals surface area contributed by atoms with Gasteiger partial charge in [0, 0.05) is 12.6 Å². The van der Waals surface area contributed by atoms with Crippen molar-refractivity contribution in [2.45, 2.75) is 6.42 Å². The maximum Gasteiger partial charge on any atom is 0.292 e. The average molecular weight is 110 g/mol. The van der Waals surface area contributed by atoms with Crippen LogP contribution in [0.15, 0.2) is 16.8 Å². The van der Waals surface area contributed by atoms with E-state index in [1.807, 2.05) is 0 Å². The number of allylic oxidation sites excluding steroid dienone is 1. The molecule has 0 fully saturated rings. The second kappa shape index (κ2) is 1.78. The molecular weight excluding hydrogens is 104 g/mol. The van der Waals surface area contributed by atoms with Crippen LogP contribution in [0.1, 0.15) is 6.42 Å². The van der Waals surface area contributed by atoms with Gasteiger partial charge in [0.15, 0.2) is 0 Å². The molecule has 2 N–H and O–H groups in total. The third-order valence-electron chi connectivity index (χ3n) is 0.899. The molecule has 3 nitrogen and oxygen atoms in total. The van der Waals surface area contributed by atoms with Gasteiger partial charge in [0.2, 0.25) is 0 Å². The summed E-state index contributed by atoms with van der Waals surface area (Å²) in [4.78, 5) is 13.9. The normalized spacial score (nSPS) is 18.5. The van der Waals surface area contributed by atoms with Gasteiger partial charge in [-0.3, -0.25) is 4.79 Å². The van der Waals surface area contributed by atoms with Crippen molar-refractivity contribution >= 4 is 12.1 Å². The van der Waals surface area contributed by atoms with Crippen molar-refractivity contribution in [1.29, 1.82) is 0 Å². The molecule has 3 heteroatoms. The topological polar surface area (TPSA) is 55.4 Å². The van der Waals surface area contributed by atoms with Crippen molar-refractivity contribution in [3.63, 3.8) is 0 Å². The minimum absolute atomic E-state index is 0.257. The van der Waals surface area contributed by atoms with Gasteiger partial charge in [-0.2, -0.15) is 0 Å². The lowest BCUT2D eigenvalue weighted by atomic mass is 10.3. The van der Waals surface area contributed by atoms with Gasteiger partial charge in [-0.05, 0) is 0 Å². The van der Waals surface area contributed by atoms with E-state index >= 15 is 0 Å². The van der Waals surface area contributed by atoms with Gasteiger partial charge in [0.25, 0.3) is 5.91 Å². The molecule has 0 atom stereocenters. The predicted molar refractivity (Wildman–Crippen MR) is 30.4 cm³/mol. The number of nitrogens with two attached hydrogens (primary N) is 1. The lowest BCUT2D eigenvalue weighted by Gasteiger charge is -1.96. The monoisotopic (exact) mass is 110 g/mol. The fraction of sp³-hybridized carbons (Fsp3) is 0.200. The zero-order valence-electron chi connectivity index (χ0n) is 4.29. The van der Waals surface area contributed by atoms with Crippen LogP contribution in [0.5, 0.6) is 0 Å². The van der Waals surface area contributed by atoms with Gasteiger partial charge in [-0.15, -0.1) is 0 Å². The third-order valence-corrected chi connectivity index (χ3v) is 0.899. The van der Waals surface area contributed by atoms with Crippen molar-refractivity contribution in [1.82, 2.24) is 0 Å². The van der Waals surface area contributed by atoms with Crippen LogP contribution in [0.25, 0.3) is 0 Å². The molecule has 0 saturated carbocycles. The number of carbonyl (C=O) groups excluding carboxylic acids is 1. The van der Waals surface area contributed by atoms with Gasteiger partial charge >= 0.3 is 0 Å². The second-order valence-corrected chi connectivity index (χ2v) is 1.51. The van der Waals surface area contributed by atoms with Crippen LogP contribution < -0.4 is 5.73 Å². The van der Waals surface area contributed by atoms with Crippen LogP contribution in [-0.4, -0.2) is 12.1 Å². The first-order valence-electron chi connectivity index (χ1n) is 2.33. The number of hydrogen-bond donors (Lipinski definition) is 1. The number of aliphatic imine (C=N–C) groups is 1. The molecule has 1 heterocycles. The average Bonchev–Trinajstić information content (AvgIpc) is 1.77. The fourth-order valence-electron chi connectivity index (χ4n) is 0.477. The van der Waals surface area contributed by atoms with E-state index in [9.17, 15) is 4.79 Å². The first-order chi connectivity index (χ1) is 3.80. The summed E-state index contributed by atoms with van der Waals surface area (Å²) >= 11 is 0. The second-order valence-electron chi connectivity index (χ2n) is 1.51. The van der Waals surface area contributed by atoms with E-state index in [4.69, 9.17) is 5.73 Å². The van der Waals surface area contributed by atoms with Crippen LogP contribution in [0.4, 0.5) is 0 Å². The highest BCUT2D eigenvalue weighted by atomic mass is 16.1. The summed E-state index contributed by atoms with van der Waals surface area (Å²) in [5.74, 6) is -0.323. The zero-order valence-corrected chi connectivity index (χ0v) is 4.29. The van der Waals surface area contributed by atoms with E-state index in [2.05, 4.69) is 4.99 Å². The molecule has 1 rings (SSSR count). The van der Waals surface area contributed by atoms with E-state index < -0.39 is 0 Å². The number of carbonyl (C=O) groups is 1. The summed E-state index contributed by atoms with van der Waals surface area (Å²) in [5, 5.41) is 0. The van der Waals surface area contributed by atoms with Crippen molar-refractivity contribution in [2.24, 2.45) is 10.7 Å². The predicted octanol–water partition coefficient (Wildman–Crippen LogP) is -0.170. The zero-order chi connectivity index (χ0) is 5.98. The number of amides is 1. The molecule has 1 aliphatic heterocycles. The Morgan fingerprint density at radius 1 is 1.75 bits per heavy atom. The molecule has 1 aliphatic rings. The maximum atomic E-state index is 10.4. The van der Waals surface area contributed by atoms with Crippen molar-refractivity contribution in [3.8, 4) is 0 Å². The Labute approximate surface area is 46.9 Å². The number of hydrogen-bond acceptors (Lipinski definition) is 2. The SMILES string of the molecule is NC1=CCC=NC1=O. The Balaban J connectivity index is 2.78. The van der Waals surface area contributed by atoms with Crippen LogP contribution in [0.3, 0.4) is 0 Å². The Hall–Kier alpha value is -1.12. The van der Waals surface area contributed by atoms with Gasteiger partial charge in [-0.25, -0.2) is 4.99 Å². The quantitative estimate of drug-likeness (QED) is 0.470. The molecule has 1 amide bonds. The molecule has 0 spiro atoms. The molecule has 0 aromatic heterocycles. The molecule has 0 bridgehead atoms. The van der Waals surface area contributed by atoms with E-state index in [-0.39, 0.29) is 11.6 Å². The smallest absolute Gasteiger partial charge is 0.292 e. The van der Waals surface area contributed by atoms with Gasteiger partial charge < -0.3 is 5.73 Å². The molecule has 42 valence electrons. The lowest BCUT2D eigenvalue weighted by molar-refractivity contribution is -0.114. The lowest BCUT2D eigenvalue weighted by Crippen LogP contribution is -2.11. The molecule has 8 heavy (non-hydrogen) atoms. The highest BCUT2D eigenvalue weighted by Gasteiger charge is 2.03. The number of rotatable bonds is 0. The van der Waals surface area contributed by atoms with Crippen LogP contribution in [0, 0.1) is 0 Å². The molecular formula is C5H6N2O. The van der Waals surface area contributed by atoms with Crippen LogP contribution in [-0.2, 0) is 4.79 Å². The first-order valence-corrected chi connectivity index (χ1v) is 2.33. The van der Waals surface area contributed by atoms with Crippen LogP contribution >= 0.6 is 0 Å². The van der Waals surface area contributed by atoms with E-state index in [1.54, 1.807) is 12.3 Å².